The summed E-state index contributed by atoms with van der Waals surface area (Å²) in [6.07, 6.45) is 1.05. The van der Waals surface area contributed by atoms with Crippen LogP contribution in [0, 0.1) is 24.2 Å². The van der Waals surface area contributed by atoms with E-state index in [1.54, 1.807) is 0 Å². The van der Waals surface area contributed by atoms with E-state index in [1.807, 2.05) is 25.1 Å². The number of hydrogen-bond acceptors (Lipinski definition) is 3. The molecule has 0 spiro atoms. The summed E-state index contributed by atoms with van der Waals surface area (Å²) in [6, 6.07) is 7.93. The van der Waals surface area contributed by atoms with Gasteiger partial charge in [-0.1, -0.05) is 0 Å². The molecule has 0 bridgehead atoms. The fourth-order valence-electron chi connectivity index (χ4n) is 2.28. The first-order valence-electron chi connectivity index (χ1n) is 5.61. The van der Waals surface area contributed by atoms with E-state index in [-0.39, 0.29) is 6.61 Å². The highest BCUT2D eigenvalue weighted by Gasteiger charge is 2.22. The first-order chi connectivity index (χ1) is 7.74. The highest BCUT2D eigenvalue weighted by atomic mass is 16.3. The Morgan fingerprint density at radius 3 is 2.94 bits per heavy atom. The molecule has 3 heteroatoms. The minimum atomic E-state index is 0.270. The Balaban J connectivity index is 2.19. The van der Waals surface area contributed by atoms with E-state index in [2.05, 4.69) is 11.0 Å². The van der Waals surface area contributed by atoms with Gasteiger partial charge in [0.2, 0.25) is 0 Å². The number of aryl methyl sites for hydroxylation is 1. The van der Waals surface area contributed by atoms with E-state index in [0.717, 1.165) is 25.1 Å². The second-order valence-corrected chi connectivity index (χ2v) is 4.40. The predicted molar refractivity (Wildman–Crippen MR) is 63.3 cm³/mol. The molecule has 1 aromatic carbocycles. The third kappa shape index (κ3) is 2.02. The normalized spacial score (nSPS) is 19.8. The van der Waals surface area contributed by atoms with Gasteiger partial charge in [-0.25, -0.2) is 0 Å². The number of aliphatic hydroxyl groups excluding tert-OH is 1. The van der Waals surface area contributed by atoms with Crippen LogP contribution in [-0.4, -0.2) is 24.8 Å². The van der Waals surface area contributed by atoms with Gasteiger partial charge in [-0.15, -0.1) is 0 Å². The van der Waals surface area contributed by atoms with E-state index < -0.39 is 0 Å². The van der Waals surface area contributed by atoms with Gasteiger partial charge in [-0.3, -0.25) is 0 Å². The topological polar surface area (TPSA) is 47.3 Å². The minimum absolute atomic E-state index is 0.270. The van der Waals surface area contributed by atoms with Crippen molar-refractivity contribution in [2.45, 2.75) is 13.3 Å². The maximum absolute atomic E-state index is 9.11. The Morgan fingerprint density at radius 2 is 2.38 bits per heavy atom. The van der Waals surface area contributed by atoms with Gasteiger partial charge in [0.25, 0.3) is 0 Å². The molecular weight excluding hydrogens is 200 g/mol. The lowest BCUT2D eigenvalue weighted by Crippen LogP contribution is -2.21. The van der Waals surface area contributed by atoms with Crippen molar-refractivity contribution in [2.75, 3.05) is 24.6 Å². The van der Waals surface area contributed by atoms with Crippen molar-refractivity contribution < 1.29 is 5.11 Å². The molecule has 0 aliphatic carbocycles. The smallest absolute Gasteiger partial charge is 0.0991 e. The molecule has 0 amide bonds. The summed E-state index contributed by atoms with van der Waals surface area (Å²) in [4.78, 5) is 2.29. The lowest BCUT2D eigenvalue weighted by Gasteiger charge is -2.20. The van der Waals surface area contributed by atoms with Gasteiger partial charge in [0, 0.05) is 31.3 Å². The molecule has 1 aliphatic heterocycles. The van der Waals surface area contributed by atoms with E-state index in [1.165, 1.54) is 5.69 Å². The zero-order valence-corrected chi connectivity index (χ0v) is 9.48. The third-order valence-electron chi connectivity index (χ3n) is 3.21. The summed E-state index contributed by atoms with van der Waals surface area (Å²) in [5.41, 5.74) is 3.03. The molecule has 3 nitrogen and oxygen atoms in total. The van der Waals surface area contributed by atoms with Gasteiger partial charge in [0.1, 0.15) is 0 Å². The molecule has 0 radical (unpaired) electrons. The molecule has 1 saturated heterocycles. The van der Waals surface area contributed by atoms with Crippen molar-refractivity contribution in [1.82, 2.24) is 0 Å². The summed E-state index contributed by atoms with van der Waals surface area (Å²) in [6.45, 7) is 4.22. The van der Waals surface area contributed by atoms with Crippen molar-refractivity contribution in [3.8, 4) is 6.07 Å². The van der Waals surface area contributed by atoms with E-state index in [0.29, 0.717) is 11.5 Å². The summed E-state index contributed by atoms with van der Waals surface area (Å²) >= 11 is 0. The number of hydrogen-bond donors (Lipinski definition) is 1. The second-order valence-electron chi connectivity index (χ2n) is 4.40. The van der Waals surface area contributed by atoms with Crippen LogP contribution in [0.1, 0.15) is 17.5 Å². The van der Waals surface area contributed by atoms with Crippen LogP contribution in [0.3, 0.4) is 0 Å². The van der Waals surface area contributed by atoms with Gasteiger partial charge in [0.15, 0.2) is 0 Å². The maximum atomic E-state index is 9.11. The number of nitrogens with zero attached hydrogens (tertiary/aromatic N) is 2. The molecule has 1 N–H and O–H groups in total. The van der Waals surface area contributed by atoms with Gasteiger partial charge >= 0.3 is 0 Å². The monoisotopic (exact) mass is 216 g/mol. The van der Waals surface area contributed by atoms with Crippen LogP contribution in [0.2, 0.25) is 0 Å². The van der Waals surface area contributed by atoms with Crippen molar-refractivity contribution in [3.63, 3.8) is 0 Å². The van der Waals surface area contributed by atoms with Gasteiger partial charge < -0.3 is 10.0 Å². The molecule has 0 saturated carbocycles. The SMILES string of the molecule is Cc1cc(C#N)ccc1N1CCC(CO)C1. The molecule has 16 heavy (non-hydrogen) atoms. The van der Waals surface area contributed by atoms with Gasteiger partial charge in [0.05, 0.1) is 11.6 Å². The molecule has 1 fully saturated rings. The summed E-state index contributed by atoms with van der Waals surface area (Å²) < 4.78 is 0. The molecule has 1 heterocycles. The number of rotatable bonds is 2. The zero-order valence-electron chi connectivity index (χ0n) is 9.48. The average molecular weight is 216 g/mol. The minimum Gasteiger partial charge on any atom is -0.396 e. The Bertz CT molecular complexity index is 422. The Hall–Kier alpha value is -1.53. The van der Waals surface area contributed by atoms with Crippen molar-refractivity contribution in [2.24, 2.45) is 5.92 Å². The zero-order chi connectivity index (χ0) is 11.5. The highest BCUT2D eigenvalue weighted by Crippen LogP contribution is 2.27. The van der Waals surface area contributed by atoms with Crippen LogP contribution in [-0.2, 0) is 0 Å². The Morgan fingerprint density at radius 1 is 1.56 bits per heavy atom. The van der Waals surface area contributed by atoms with Gasteiger partial charge in [-0.05, 0) is 37.1 Å². The maximum Gasteiger partial charge on any atom is 0.0991 e. The number of aliphatic hydroxyl groups is 1. The molecule has 2 rings (SSSR count). The molecule has 1 unspecified atom stereocenters. The molecule has 84 valence electrons. The predicted octanol–water partition coefficient (Wildman–Crippen LogP) is 1.69. The van der Waals surface area contributed by atoms with Crippen molar-refractivity contribution >= 4 is 5.69 Å². The standard InChI is InChI=1S/C13H16N2O/c1-10-6-11(7-14)2-3-13(10)15-5-4-12(8-15)9-16/h2-3,6,12,16H,4-5,8-9H2,1H3. The molecular formula is C13H16N2O. The quantitative estimate of drug-likeness (QED) is 0.818. The molecule has 0 aromatic heterocycles. The van der Waals surface area contributed by atoms with Gasteiger partial charge in [-0.2, -0.15) is 5.26 Å². The van der Waals surface area contributed by atoms with Crippen LogP contribution in [0.15, 0.2) is 18.2 Å². The van der Waals surface area contributed by atoms with E-state index >= 15 is 0 Å². The van der Waals surface area contributed by atoms with Crippen LogP contribution in [0.5, 0.6) is 0 Å². The van der Waals surface area contributed by atoms with Crippen molar-refractivity contribution in [3.05, 3.63) is 29.3 Å². The van der Waals surface area contributed by atoms with E-state index in [9.17, 15) is 0 Å². The third-order valence-corrected chi connectivity index (χ3v) is 3.21. The number of benzene rings is 1. The van der Waals surface area contributed by atoms with E-state index in [4.69, 9.17) is 10.4 Å². The Kier molecular flexibility index (Phi) is 3.12. The largest absolute Gasteiger partial charge is 0.396 e. The second kappa shape index (κ2) is 4.54. The Labute approximate surface area is 95.9 Å². The first-order valence-corrected chi connectivity index (χ1v) is 5.61. The first kappa shape index (κ1) is 11.0. The van der Waals surface area contributed by atoms with Crippen LogP contribution in [0.4, 0.5) is 5.69 Å². The molecule has 1 aliphatic rings. The van der Waals surface area contributed by atoms with Crippen LogP contribution in [0.25, 0.3) is 0 Å². The van der Waals surface area contributed by atoms with Crippen LogP contribution < -0.4 is 4.90 Å². The van der Waals surface area contributed by atoms with Crippen LogP contribution >= 0.6 is 0 Å². The lowest BCUT2D eigenvalue weighted by atomic mass is 10.1. The summed E-state index contributed by atoms with van der Waals surface area (Å²) in [7, 11) is 0. The number of anilines is 1. The number of nitriles is 1. The van der Waals surface area contributed by atoms with Crippen molar-refractivity contribution in [1.29, 1.82) is 5.26 Å². The fourth-order valence-corrected chi connectivity index (χ4v) is 2.28. The highest BCUT2D eigenvalue weighted by molar-refractivity contribution is 5.56. The average Bonchev–Trinajstić information content (AvgIpc) is 2.77. The molecule has 1 atom stereocenters. The molecule has 1 aromatic rings. The summed E-state index contributed by atoms with van der Waals surface area (Å²) in [5.74, 6) is 0.398. The lowest BCUT2D eigenvalue weighted by molar-refractivity contribution is 0.238. The fraction of sp³-hybridized carbons (Fsp3) is 0.462. The summed E-state index contributed by atoms with van der Waals surface area (Å²) in [5, 5.41) is 17.9.